The SMILES string of the molecule is CCC(CC)(NCC(=O)NC1CCS(=O)(=O)C1)C(=O)O. The topological polar surface area (TPSA) is 113 Å². The van der Waals surface area contributed by atoms with Crippen LogP contribution in [0.5, 0.6) is 0 Å². The molecular formula is C12H22N2O5S. The van der Waals surface area contributed by atoms with Gasteiger partial charge in [0.2, 0.25) is 5.91 Å². The first kappa shape index (κ1) is 16.9. The van der Waals surface area contributed by atoms with Gasteiger partial charge in [-0.25, -0.2) is 8.42 Å². The maximum absolute atomic E-state index is 11.7. The summed E-state index contributed by atoms with van der Waals surface area (Å²) in [6.45, 7) is 3.35. The highest BCUT2D eigenvalue weighted by atomic mass is 32.2. The van der Waals surface area contributed by atoms with Gasteiger partial charge in [0.25, 0.3) is 0 Å². The van der Waals surface area contributed by atoms with Crippen molar-refractivity contribution in [3.63, 3.8) is 0 Å². The van der Waals surface area contributed by atoms with E-state index in [1.165, 1.54) is 0 Å². The van der Waals surface area contributed by atoms with Crippen molar-refractivity contribution in [1.29, 1.82) is 0 Å². The number of carbonyl (C=O) groups excluding carboxylic acids is 1. The number of hydrogen-bond donors (Lipinski definition) is 3. The Morgan fingerprint density at radius 2 is 1.90 bits per heavy atom. The van der Waals surface area contributed by atoms with Gasteiger partial charge in [-0.2, -0.15) is 0 Å². The van der Waals surface area contributed by atoms with Crippen LogP contribution in [0.1, 0.15) is 33.1 Å². The molecule has 8 heteroatoms. The summed E-state index contributed by atoms with van der Waals surface area (Å²) < 4.78 is 22.6. The van der Waals surface area contributed by atoms with Crippen LogP contribution in [-0.2, 0) is 19.4 Å². The second-order valence-electron chi connectivity index (χ2n) is 5.12. The minimum atomic E-state index is -3.04. The number of carbonyl (C=O) groups is 2. The average molecular weight is 306 g/mol. The molecule has 0 aliphatic carbocycles. The first-order valence-corrected chi connectivity index (χ1v) is 8.55. The predicted molar refractivity (Wildman–Crippen MR) is 74.2 cm³/mol. The van der Waals surface area contributed by atoms with Crippen LogP contribution in [-0.4, -0.2) is 55.0 Å². The molecule has 0 bridgehead atoms. The Morgan fingerprint density at radius 1 is 1.30 bits per heavy atom. The number of amides is 1. The van der Waals surface area contributed by atoms with E-state index in [1.54, 1.807) is 13.8 Å². The summed E-state index contributed by atoms with van der Waals surface area (Å²) in [6.07, 6.45) is 1.15. The summed E-state index contributed by atoms with van der Waals surface area (Å²) in [5.74, 6) is -1.31. The van der Waals surface area contributed by atoms with Crippen molar-refractivity contribution in [3.05, 3.63) is 0 Å². The van der Waals surface area contributed by atoms with Crippen LogP contribution in [0.3, 0.4) is 0 Å². The quantitative estimate of drug-likeness (QED) is 0.586. The van der Waals surface area contributed by atoms with Crippen molar-refractivity contribution in [3.8, 4) is 0 Å². The van der Waals surface area contributed by atoms with E-state index in [-0.39, 0.29) is 30.0 Å². The summed E-state index contributed by atoms with van der Waals surface area (Å²) in [4.78, 5) is 23.0. The molecule has 1 aliphatic rings. The summed E-state index contributed by atoms with van der Waals surface area (Å²) >= 11 is 0. The Morgan fingerprint density at radius 3 is 2.30 bits per heavy atom. The van der Waals surface area contributed by atoms with Crippen LogP contribution < -0.4 is 10.6 Å². The van der Waals surface area contributed by atoms with Gasteiger partial charge in [0.05, 0.1) is 18.1 Å². The molecular weight excluding hydrogens is 284 g/mol. The Hall–Kier alpha value is -1.15. The monoisotopic (exact) mass is 306 g/mol. The molecule has 0 aromatic rings. The van der Waals surface area contributed by atoms with Gasteiger partial charge in [0.15, 0.2) is 9.84 Å². The third-order valence-corrected chi connectivity index (χ3v) is 5.57. The van der Waals surface area contributed by atoms with E-state index in [4.69, 9.17) is 0 Å². The smallest absolute Gasteiger partial charge is 0.323 e. The van der Waals surface area contributed by atoms with Gasteiger partial charge in [-0.3, -0.25) is 14.9 Å². The van der Waals surface area contributed by atoms with Crippen LogP contribution in [0.4, 0.5) is 0 Å². The standard InChI is InChI=1S/C12H22N2O5S/c1-3-12(4-2,11(16)17)13-7-10(15)14-9-5-6-20(18,19)8-9/h9,13H,3-8H2,1-2H3,(H,14,15)(H,16,17). The molecule has 3 N–H and O–H groups in total. The zero-order chi connectivity index (χ0) is 15.4. The highest BCUT2D eigenvalue weighted by Gasteiger charge is 2.35. The molecule has 20 heavy (non-hydrogen) atoms. The second-order valence-corrected chi connectivity index (χ2v) is 7.34. The fraction of sp³-hybridized carbons (Fsp3) is 0.833. The molecule has 1 unspecified atom stereocenters. The lowest BCUT2D eigenvalue weighted by Gasteiger charge is -2.28. The molecule has 7 nitrogen and oxygen atoms in total. The normalized spacial score (nSPS) is 21.6. The Kier molecular flexibility index (Phi) is 5.52. The zero-order valence-corrected chi connectivity index (χ0v) is 12.6. The first-order chi connectivity index (χ1) is 9.24. The highest BCUT2D eigenvalue weighted by Crippen LogP contribution is 2.15. The van der Waals surface area contributed by atoms with E-state index >= 15 is 0 Å². The Balaban J connectivity index is 2.49. The third kappa shape index (κ3) is 4.17. The van der Waals surface area contributed by atoms with Crippen LogP contribution in [0, 0.1) is 0 Å². The van der Waals surface area contributed by atoms with Gasteiger partial charge in [0.1, 0.15) is 5.54 Å². The molecule has 1 atom stereocenters. The van der Waals surface area contributed by atoms with Crippen LogP contribution in [0.2, 0.25) is 0 Å². The maximum atomic E-state index is 11.7. The van der Waals surface area contributed by atoms with Gasteiger partial charge in [-0.05, 0) is 19.3 Å². The molecule has 1 fully saturated rings. The number of carboxylic acids is 1. The fourth-order valence-electron chi connectivity index (χ4n) is 2.32. The number of aliphatic carboxylic acids is 1. The number of carboxylic acid groups (broad SMARTS) is 1. The number of rotatable bonds is 7. The van der Waals surface area contributed by atoms with Gasteiger partial charge in [0, 0.05) is 6.04 Å². The predicted octanol–water partition coefficient (Wildman–Crippen LogP) is -0.477. The number of hydrogen-bond acceptors (Lipinski definition) is 5. The van der Waals surface area contributed by atoms with E-state index in [9.17, 15) is 23.1 Å². The molecule has 0 radical (unpaired) electrons. The Bertz CT molecular complexity index is 470. The Labute approximate surface area is 119 Å². The molecule has 1 aliphatic heterocycles. The molecule has 1 heterocycles. The minimum Gasteiger partial charge on any atom is -0.480 e. The summed E-state index contributed by atoms with van der Waals surface area (Å²) in [5.41, 5.74) is -1.11. The van der Waals surface area contributed by atoms with E-state index in [2.05, 4.69) is 10.6 Å². The minimum absolute atomic E-state index is 0.0373. The molecule has 0 spiro atoms. The molecule has 1 saturated heterocycles. The van der Waals surface area contributed by atoms with Crippen molar-refractivity contribution in [2.24, 2.45) is 0 Å². The van der Waals surface area contributed by atoms with Crippen molar-refractivity contribution in [2.45, 2.75) is 44.7 Å². The van der Waals surface area contributed by atoms with E-state index in [1.807, 2.05) is 0 Å². The van der Waals surface area contributed by atoms with Gasteiger partial charge >= 0.3 is 5.97 Å². The molecule has 0 aromatic heterocycles. The lowest BCUT2D eigenvalue weighted by molar-refractivity contribution is -0.145. The fourth-order valence-corrected chi connectivity index (χ4v) is 3.99. The lowest BCUT2D eigenvalue weighted by atomic mass is 9.93. The molecule has 0 saturated carbocycles. The van der Waals surface area contributed by atoms with Crippen molar-refractivity contribution in [1.82, 2.24) is 10.6 Å². The van der Waals surface area contributed by atoms with Gasteiger partial charge in [-0.15, -0.1) is 0 Å². The second kappa shape index (κ2) is 6.53. The first-order valence-electron chi connectivity index (χ1n) is 6.73. The maximum Gasteiger partial charge on any atom is 0.323 e. The molecule has 1 amide bonds. The zero-order valence-electron chi connectivity index (χ0n) is 11.8. The van der Waals surface area contributed by atoms with Crippen LogP contribution >= 0.6 is 0 Å². The third-order valence-electron chi connectivity index (χ3n) is 3.80. The van der Waals surface area contributed by atoms with Crippen molar-refractivity contribution in [2.75, 3.05) is 18.1 Å². The van der Waals surface area contributed by atoms with E-state index in [0.717, 1.165) is 0 Å². The molecule has 116 valence electrons. The van der Waals surface area contributed by atoms with Crippen LogP contribution in [0.15, 0.2) is 0 Å². The lowest BCUT2D eigenvalue weighted by Crippen LogP contribution is -2.54. The summed E-state index contributed by atoms with van der Waals surface area (Å²) in [6, 6.07) is -0.364. The van der Waals surface area contributed by atoms with Crippen molar-refractivity contribution < 1.29 is 23.1 Å². The number of sulfone groups is 1. The van der Waals surface area contributed by atoms with Crippen molar-refractivity contribution >= 4 is 21.7 Å². The summed E-state index contributed by atoms with van der Waals surface area (Å²) in [7, 11) is -3.04. The van der Waals surface area contributed by atoms with Gasteiger partial charge in [-0.1, -0.05) is 13.8 Å². The van der Waals surface area contributed by atoms with E-state index in [0.29, 0.717) is 19.3 Å². The average Bonchev–Trinajstić information content (AvgIpc) is 2.70. The van der Waals surface area contributed by atoms with Crippen LogP contribution in [0.25, 0.3) is 0 Å². The summed E-state index contributed by atoms with van der Waals surface area (Å²) in [5, 5.41) is 14.6. The van der Waals surface area contributed by atoms with E-state index < -0.39 is 21.3 Å². The van der Waals surface area contributed by atoms with Gasteiger partial charge < -0.3 is 10.4 Å². The number of nitrogens with one attached hydrogen (secondary N) is 2. The largest absolute Gasteiger partial charge is 0.480 e. The highest BCUT2D eigenvalue weighted by molar-refractivity contribution is 7.91. The molecule has 0 aromatic carbocycles. The molecule has 1 rings (SSSR count).